The molecule has 0 spiro atoms. The lowest BCUT2D eigenvalue weighted by atomic mass is 10.1. The van der Waals surface area contributed by atoms with Crippen LogP contribution in [0.1, 0.15) is 32.9 Å². The van der Waals surface area contributed by atoms with Gasteiger partial charge in [-0.25, -0.2) is 5.43 Å². The molecule has 2 aromatic carbocycles. The van der Waals surface area contributed by atoms with Gasteiger partial charge in [-0.15, -0.1) is 0 Å². The molecule has 0 saturated carbocycles. The lowest BCUT2D eigenvalue weighted by Crippen LogP contribution is -2.18. The fourth-order valence-electron chi connectivity index (χ4n) is 2.95. The Hall–Kier alpha value is -2.41. The van der Waals surface area contributed by atoms with Gasteiger partial charge in [0.05, 0.1) is 6.21 Å². The van der Waals surface area contributed by atoms with Gasteiger partial charge in [0.15, 0.2) is 0 Å². The number of nitrogens with zero attached hydrogens (tertiary/aromatic N) is 2. The molecule has 5 heteroatoms. The van der Waals surface area contributed by atoms with E-state index in [1.54, 1.807) is 12.3 Å². The van der Waals surface area contributed by atoms with E-state index in [2.05, 4.69) is 81.9 Å². The maximum absolute atomic E-state index is 12.2. The molecule has 1 aromatic heterocycles. The molecule has 3 rings (SSSR count). The molecule has 0 radical (unpaired) electrons. The summed E-state index contributed by atoms with van der Waals surface area (Å²) in [6.45, 7) is 6.02. The molecule has 0 fully saturated rings. The lowest BCUT2D eigenvalue weighted by Gasteiger charge is -2.09. The van der Waals surface area contributed by atoms with Crippen LogP contribution in [0, 0.1) is 24.3 Å². The van der Waals surface area contributed by atoms with Crippen LogP contribution in [0.25, 0.3) is 5.69 Å². The van der Waals surface area contributed by atoms with Crippen molar-refractivity contribution in [2.24, 2.45) is 5.10 Å². The predicted molar refractivity (Wildman–Crippen MR) is 114 cm³/mol. The average Bonchev–Trinajstić information content (AvgIpc) is 2.90. The van der Waals surface area contributed by atoms with Gasteiger partial charge in [0.2, 0.25) is 0 Å². The van der Waals surface area contributed by atoms with Crippen molar-refractivity contribution in [1.82, 2.24) is 9.99 Å². The third kappa shape index (κ3) is 3.88. The SMILES string of the molecule is Cc1ccccc1C(=O)N/N=C\c1cc(C)n(-c2ccc(I)cc2)c1C. The van der Waals surface area contributed by atoms with Gasteiger partial charge in [-0.1, -0.05) is 18.2 Å². The number of hydrogen-bond acceptors (Lipinski definition) is 2. The maximum Gasteiger partial charge on any atom is 0.271 e. The fraction of sp³-hybridized carbons (Fsp3) is 0.143. The Morgan fingerprint density at radius 1 is 1.08 bits per heavy atom. The van der Waals surface area contributed by atoms with E-state index in [4.69, 9.17) is 0 Å². The minimum Gasteiger partial charge on any atom is -0.318 e. The Bertz CT molecular complexity index is 971. The van der Waals surface area contributed by atoms with Gasteiger partial charge in [-0.05, 0) is 85.3 Å². The summed E-state index contributed by atoms with van der Waals surface area (Å²) < 4.78 is 3.38. The first-order valence-corrected chi connectivity index (χ1v) is 9.39. The number of aryl methyl sites for hydroxylation is 2. The minimum atomic E-state index is -0.203. The number of halogens is 1. The summed E-state index contributed by atoms with van der Waals surface area (Å²) in [5.41, 5.74) is 8.47. The standard InChI is InChI=1S/C21H20IN3O/c1-14-6-4-5-7-20(14)21(26)24-23-13-17-12-15(2)25(16(17)3)19-10-8-18(22)9-11-19/h4-13H,1-3H3,(H,24,26)/b23-13-. The molecule has 1 amide bonds. The summed E-state index contributed by atoms with van der Waals surface area (Å²) in [5, 5.41) is 4.14. The highest BCUT2D eigenvalue weighted by Gasteiger charge is 2.10. The second-order valence-corrected chi connectivity index (χ2v) is 7.40. The number of amides is 1. The highest BCUT2D eigenvalue weighted by molar-refractivity contribution is 14.1. The Morgan fingerprint density at radius 3 is 2.46 bits per heavy atom. The van der Waals surface area contributed by atoms with Crippen molar-refractivity contribution in [2.45, 2.75) is 20.8 Å². The third-order valence-corrected chi connectivity index (χ3v) is 5.03. The number of nitrogens with one attached hydrogen (secondary N) is 1. The van der Waals surface area contributed by atoms with E-state index in [0.717, 1.165) is 28.2 Å². The van der Waals surface area contributed by atoms with Crippen LogP contribution in [0.2, 0.25) is 0 Å². The monoisotopic (exact) mass is 457 g/mol. The van der Waals surface area contributed by atoms with Crippen molar-refractivity contribution in [3.8, 4) is 5.69 Å². The van der Waals surface area contributed by atoms with Crippen LogP contribution >= 0.6 is 22.6 Å². The molecule has 0 atom stereocenters. The fourth-order valence-corrected chi connectivity index (χ4v) is 3.31. The Labute approximate surface area is 167 Å². The molecular weight excluding hydrogens is 437 g/mol. The van der Waals surface area contributed by atoms with E-state index in [-0.39, 0.29) is 5.91 Å². The van der Waals surface area contributed by atoms with Crippen molar-refractivity contribution in [3.63, 3.8) is 0 Å². The summed E-state index contributed by atoms with van der Waals surface area (Å²) in [6, 6.07) is 17.9. The van der Waals surface area contributed by atoms with Crippen molar-refractivity contribution in [3.05, 3.63) is 86.2 Å². The number of benzene rings is 2. The number of rotatable bonds is 4. The summed E-state index contributed by atoms with van der Waals surface area (Å²) in [6.07, 6.45) is 1.70. The molecule has 0 aliphatic rings. The Balaban J connectivity index is 1.79. The second-order valence-electron chi connectivity index (χ2n) is 6.15. The molecular formula is C21H20IN3O. The largest absolute Gasteiger partial charge is 0.318 e. The van der Waals surface area contributed by atoms with Gasteiger partial charge in [0.1, 0.15) is 0 Å². The number of hydrazone groups is 1. The van der Waals surface area contributed by atoms with Crippen LogP contribution in [0.15, 0.2) is 59.7 Å². The Kier molecular flexibility index (Phi) is 5.56. The van der Waals surface area contributed by atoms with Gasteiger partial charge in [0, 0.05) is 31.8 Å². The highest BCUT2D eigenvalue weighted by atomic mass is 127. The van der Waals surface area contributed by atoms with Crippen molar-refractivity contribution in [2.75, 3.05) is 0 Å². The molecule has 0 bridgehead atoms. The van der Waals surface area contributed by atoms with E-state index in [9.17, 15) is 4.79 Å². The van der Waals surface area contributed by atoms with Crippen molar-refractivity contribution < 1.29 is 4.79 Å². The molecule has 0 unspecified atom stereocenters. The molecule has 3 aromatic rings. The number of carbonyl (C=O) groups is 1. The van der Waals surface area contributed by atoms with E-state index in [0.29, 0.717) is 5.56 Å². The number of hydrogen-bond donors (Lipinski definition) is 1. The summed E-state index contributed by atoms with van der Waals surface area (Å²) >= 11 is 2.30. The van der Waals surface area contributed by atoms with E-state index >= 15 is 0 Å². The zero-order valence-corrected chi connectivity index (χ0v) is 17.1. The van der Waals surface area contributed by atoms with Gasteiger partial charge in [0.25, 0.3) is 5.91 Å². The van der Waals surface area contributed by atoms with Crippen LogP contribution in [-0.2, 0) is 0 Å². The first-order valence-electron chi connectivity index (χ1n) is 8.31. The molecule has 0 aliphatic heterocycles. The van der Waals surface area contributed by atoms with Crippen LogP contribution in [0.5, 0.6) is 0 Å². The number of aromatic nitrogens is 1. The molecule has 0 saturated heterocycles. The van der Waals surface area contributed by atoms with Crippen LogP contribution in [-0.4, -0.2) is 16.7 Å². The zero-order valence-electron chi connectivity index (χ0n) is 15.0. The van der Waals surface area contributed by atoms with Crippen LogP contribution in [0.4, 0.5) is 0 Å². The van der Waals surface area contributed by atoms with Gasteiger partial charge in [-0.2, -0.15) is 5.10 Å². The summed E-state index contributed by atoms with van der Waals surface area (Å²) in [4.78, 5) is 12.2. The minimum absolute atomic E-state index is 0.203. The molecule has 1 heterocycles. The molecule has 4 nitrogen and oxygen atoms in total. The first-order chi connectivity index (χ1) is 12.5. The molecule has 26 heavy (non-hydrogen) atoms. The molecule has 132 valence electrons. The Morgan fingerprint density at radius 2 is 1.77 bits per heavy atom. The molecule has 0 aliphatic carbocycles. The molecule has 1 N–H and O–H groups in total. The predicted octanol–water partition coefficient (Wildman–Crippen LogP) is 4.77. The van der Waals surface area contributed by atoms with Gasteiger partial charge >= 0.3 is 0 Å². The van der Waals surface area contributed by atoms with Crippen molar-refractivity contribution in [1.29, 1.82) is 0 Å². The first kappa shape index (κ1) is 18.4. The van der Waals surface area contributed by atoms with Crippen LogP contribution < -0.4 is 5.43 Å². The van der Waals surface area contributed by atoms with E-state index < -0.39 is 0 Å². The topological polar surface area (TPSA) is 46.4 Å². The quantitative estimate of drug-likeness (QED) is 0.343. The van der Waals surface area contributed by atoms with Crippen molar-refractivity contribution >= 4 is 34.7 Å². The van der Waals surface area contributed by atoms with Crippen LogP contribution in [0.3, 0.4) is 0 Å². The summed E-state index contributed by atoms with van der Waals surface area (Å²) in [7, 11) is 0. The van der Waals surface area contributed by atoms with Gasteiger partial charge < -0.3 is 4.57 Å². The average molecular weight is 457 g/mol. The smallest absolute Gasteiger partial charge is 0.271 e. The highest BCUT2D eigenvalue weighted by Crippen LogP contribution is 2.20. The zero-order chi connectivity index (χ0) is 18.7. The van der Waals surface area contributed by atoms with E-state index in [1.165, 1.54) is 3.57 Å². The van der Waals surface area contributed by atoms with Gasteiger partial charge in [-0.3, -0.25) is 4.79 Å². The number of carbonyl (C=O) groups excluding carboxylic acids is 1. The van der Waals surface area contributed by atoms with E-state index in [1.807, 2.05) is 25.1 Å². The normalized spacial score (nSPS) is 11.1. The maximum atomic E-state index is 12.2. The summed E-state index contributed by atoms with van der Waals surface area (Å²) in [5.74, 6) is -0.203. The lowest BCUT2D eigenvalue weighted by molar-refractivity contribution is 0.0954. The second kappa shape index (κ2) is 7.86. The third-order valence-electron chi connectivity index (χ3n) is 4.31.